The number of hydrogen-bond acceptors (Lipinski definition) is 3. The molecule has 1 aromatic rings. The highest BCUT2D eigenvalue weighted by Crippen LogP contribution is 2.25. The van der Waals surface area contributed by atoms with Gasteiger partial charge in [0.15, 0.2) is 0 Å². The van der Waals surface area contributed by atoms with Crippen LogP contribution in [0.3, 0.4) is 0 Å². The highest BCUT2D eigenvalue weighted by molar-refractivity contribution is 8.00. The van der Waals surface area contributed by atoms with Crippen LogP contribution in [0, 0.1) is 0 Å². The minimum atomic E-state index is -0.197. The Hall–Kier alpha value is -1.00. The van der Waals surface area contributed by atoms with E-state index in [9.17, 15) is 9.59 Å². The number of fused-ring (bicyclic) bond motifs is 1. The molecule has 1 aliphatic rings. The van der Waals surface area contributed by atoms with Crippen LogP contribution in [-0.4, -0.2) is 40.1 Å². The summed E-state index contributed by atoms with van der Waals surface area (Å²) in [5.74, 6) is 1.06. The maximum absolute atomic E-state index is 12.2. The Labute approximate surface area is 128 Å². The van der Waals surface area contributed by atoms with E-state index < -0.39 is 0 Å². The predicted molar refractivity (Wildman–Crippen MR) is 83.7 cm³/mol. The summed E-state index contributed by atoms with van der Waals surface area (Å²) in [5.41, 5.74) is 1.01. The third-order valence-electron chi connectivity index (χ3n) is 3.29. The van der Waals surface area contributed by atoms with Crippen LogP contribution in [0.5, 0.6) is 0 Å². The fourth-order valence-corrected chi connectivity index (χ4v) is 3.65. The Balaban J connectivity index is 2.03. The normalized spacial score (nSPS) is 15.6. The SMILES string of the molecule is CCCCSC(CCl)CN1C(=O)c2ccccc2C1=O. The molecule has 1 aliphatic heterocycles. The first-order valence-electron chi connectivity index (χ1n) is 6.81. The van der Waals surface area contributed by atoms with E-state index in [-0.39, 0.29) is 17.1 Å². The molecule has 0 aromatic heterocycles. The van der Waals surface area contributed by atoms with E-state index >= 15 is 0 Å². The molecule has 1 atom stereocenters. The first kappa shape index (κ1) is 15.4. The third-order valence-corrected chi connectivity index (χ3v) is 5.15. The predicted octanol–water partition coefficient (Wildman–Crippen LogP) is 3.42. The Morgan fingerprint density at radius 1 is 1.20 bits per heavy atom. The van der Waals surface area contributed by atoms with Crippen molar-refractivity contribution in [1.82, 2.24) is 4.90 Å². The van der Waals surface area contributed by atoms with Crippen molar-refractivity contribution >= 4 is 35.2 Å². The fourth-order valence-electron chi connectivity index (χ4n) is 2.15. The number of alkyl halides is 1. The van der Waals surface area contributed by atoms with Gasteiger partial charge in [0.25, 0.3) is 11.8 Å². The zero-order chi connectivity index (χ0) is 14.5. The van der Waals surface area contributed by atoms with E-state index in [1.807, 2.05) is 0 Å². The van der Waals surface area contributed by atoms with Crippen molar-refractivity contribution in [2.45, 2.75) is 25.0 Å². The molecule has 0 saturated heterocycles. The molecule has 0 N–H and O–H groups in total. The maximum Gasteiger partial charge on any atom is 0.261 e. The molecule has 0 saturated carbocycles. The van der Waals surface area contributed by atoms with Crippen molar-refractivity contribution in [2.75, 3.05) is 18.2 Å². The summed E-state index contributed by atoms with van der Waals surface area (Å²) in [4.78, 5) is 25.8. The number of halogens is 1. The van der Waals surface area contributed by atoms with E-state index in [0.717, 1.165) is 18.6 Å². The van der Waals surface area contributed by atoms with E-state index in [1.165, 1.54) is 4.90 Å². The lowest BCUT2D eigenvalue weighted by atomic mass is 10.1. The summed E-state index contributed by atoms with van der Waals surface area (Å²) in [7, 11) is 0. The largest absolute Gasteiger partial charge is 0.273 e. The molecule has 1 heterocycles. The smallest absolute Gasteiger partial charge is 0.261 e. The van der Waals surface area contributed by atoms with Gasteiger partial charge < -0.3 is 0 Å². The number of thioether (sulfide) groups is 1. The van der Waals surface area contributed by atoms with Crippen LogP contribution in [-0.2, 0) is 0 Å². The minimum Gasteiger partial charge on any atom is -0.273 e. The average molecular weight is 312 g/mol. The minimum absolute atomic E-state index is 0.102. The Kier molecular flexibility index (Phi) is 5.49. The summed E-state index contributed by atoms with van der Waals surface area (Å²) >= 11 is 7.70. The second-order valence-electron chi connectivity index (χ2n) is 4.77. The van der Waals surface area contributed by atoms with Crippen LogP contribution in [0.25, 0.3) is 0 Å². The molecule has 5 heteroatoms. The van der Waals surface area contributed by atoms with Gasteiger partial charge in [-0.1, -0.05) is 25.5 Å². The van der Waals surface area contributed by atoms with Crippen molar-refractivity contribution in [3.63, 3.8) is 0 Å². The molecule has 1 unspecified atom stereocenters. The van der Waals surface area contributed by atoms with Crippen LogP contribution in [0.4, 0.5) is 0 Å². The lowest BCUT2D eigenvalue weighted by Crippen LogP contribution is -2.36. The van der Waals surface area contributed by atoms with Gasteiger partial charge in [-0.25, -0.2) is 0 Å². The Morgan fingerprint density at radius 3 is 2.30 bits per heavy atom. The molecule has 1 aromatic carbocycles. The lowest BCUT2D eigenvalue weighted by molar-refractivity contribution is 0.0656. The van der Waals surface area contributed by atoms with Crippen LogP contribution in [0.1, 0.15) is 40.5 Å². The van der Waals surface area contributed by atoms with Gasteiger partial charge in [-0.15, -0.1) is 11.6 Å². The van der Waals surface area contributed by atoms with Crippen LogP contribution in [0.2, 0.25) is 0 Å². The number of carbonyl (C=O) groups is 2. The molecule has 0 spiro atoms. The fraction of sp³-hybridized carbons (Fsp3) is 0.467. The summed E-state index contributed by atoms with van der Waals surface area (Å²) in [5, 5.41) is 0.102. The molecule has 0 bridgehead atoms. The summed E-state index contributed by atoms with van der Waals surface area (Å²) in [6, 6.07) is 6.97. The quantitative estimate of drug-likeness (QED) is 0.440. The summed E-state index contributed by atoms with van der Waals surface area (Å²) < 4.78 is 0. The monoisotopic (exact) mass is 311 g/mol. The molecule has 2 rings (SSSR count). The third kappa shape index (κ3) is 3.18. The topological polar surface area (TPSA) is 37.4 Å². The highest BCUT2D eigenvalue weighted by atomic mass is 35.5. The van der Waals surface area contributed by atoms with Gasteiger partial charge in [0.1, 0.15) is 0 Å². The second-order valence-corrected chi connectivity index (χ2v) is 6.48. The molecule has 0 aliphatic carbocycles. The van der Waals surface area contributed by atoms with E-state index in [1.54, 1.807) is 36.0 Å². The number of benzene rings is 1. The van der Waals surface area contributed by atoms with Crippen molar-refractivity contribution in [3.8, 4) is 0 Å². The lowest BCUT2D eigenvalue weighted by Gasteiger charge is -2.20. The molecule has 0 fully saturated rings. The molecular weight excluding hydrogens is 294 g/mol. The number of unbranched alkanes of at least 4 members (excludes halogenated alkanes) is 1. The standard InChI is InChI=1S/C15H18ClNO2S/c1-2-3-8-20-11(9-16)10-17-14(18)12-6-4-5-7-13(12)15(17)19/h4-7,11H,2-3,8-10H2,1H3. The summed E-state index contributed by atoms with van der Waals surface area (Å²) in [6.45, 7) is 2.53. The molecule has 2 amide bonds. The van der Waals surface area contributed by atoms with Crippen molar-refractivity contribution in [2.24, 2.45) is 0 Å². The molecule has 0 radical (unpaired) electrons. The van der Waals surface area contributed by atoms with Gasteiger partial charge in [-0.2, -0.15) is 11.8 Å². The molecule has 3 nitrogen and oxygen atoms in total. The van der Waals surface area contributed by atoms with Crippen molar-refractivity contribution < 1.29 is 9.59 Å². The van der Waals surface area contributed by atoms with E-state index in [2.05, 4.69) is 6.92 Å². The highest BCUT2D eigenvalue weighted by Gasteiger charge is 2.36. The molecular formula is C15H18ClNO2S. The number of amides is 2. The Bertz CT molecular complexity index is 471. The summed E-state index contributed by atoms with van der Waals surface area (Å²) in [6.07, 6.45) is 2.26. The number of hydrogen-bond donors (Lipinski definition) is 0. The zero-order valence-corrected chi connectivity index (χ0v) is 13.0. The van der Waals surface area contributed by atoms with Gasteiger partial charge in [-0.05, 0) is 24.3 Å². The first-order chi connectivity index (χ1) is 9.69. The Morgan fingerprint density at radius 2 is 1.80 bits per heavy atom. The van der Waals surface area contributed by atoms with Gasteiger partial charge in [0, 0.05) is 17.7 Å². The van der Waals surface area contributed by atoms with E-state index in [4.69, 9.17) is 11.6 Å². The molecule has 20 heavy (non-hydrogen) atoms. The second kappa shape index (κ2) is 7.14. The van der Waals surface area contributed by atoms with Gasteiger partial charge in [0.2, 0.25) is 0 Å². The van der Waals surface area contributed by atoms with Crippen LogP contribution >= 0.6 is 23.4 Å². The van der Waals surface area contributed by atoms with Gasteiger partial charge in [-0.3, -0.25) is 14.5 Å². The number of imide groups is 1. The van der Waals surface area contributed by atoms with Crippen LogP contribution in [0.15, 0.2) is 24.3 Å². The molecule has 108 valence electrons. The van der Waals surface area contributed by atoms with Gasteiger partial charge in [0.05, 0.1) is 11.1 Å². The average Bonchev–Trinajstić information content (AvgIpc) is 2.71. The maximum atomic E-state index is 12.2. The number of nitrogens with zero attached hydrogens (tertiary/aromatic N) is 1. The van der Waals surface area contributed by atoms with Crippen LogP contribution < -0.4 is 0 Å². The van der Waals surface area contributed by atoms with E-state index in [0.29, 0.717) is 23.6 Å². The zero-order valence-electron chi connectivity index (χ0n) is 11.5. The van der Waals surface area contributed by atoms with Crippen molar-refractivity contribution in [3.05, 3.63) is 35.4 Å². The number of rotatable bonds is 7. The van der Waals surface area contributed by atoms with Crippen molar-refractivity contribution in [1.29, 1.82) is 0 Å². The van der Waals surface area contributed by atoms with Gasteiger partial charge >= 0.3 is 0 Å². The first-order valence-corrected chi connectivity index (χ1v) is 8.40. The number of carbonyl (C=O) groups excluding carboxylic acids is 2.